The maximum absolute atomic E-state index is 11.9. The monoisotopic (exact) mass is 320 g/mol. The van der Waals surface area contributed by atoms with E-state index in [0.717, 1.165) is 0 Å². The summed E-state index contributed by atoms with van der Waals surface area (Å²) in [6, 6.07) is 10.8. The lowest BCUT2D eigenvalue weighted by atomic mass is 10.2. The second kappa shape index (κ2) is 6.82. The molecule has 7 heteroatoms. The Labute approximate surface area is 131 Å². The first-order valence-corrected chi connectivity index (χ1v) is 6.63. The molecule has 0 saturated heterocycles. The van der Waals surface area contributed by atoms with Crippen molar-refractivity contribution < 1.29 is 19.4 Å². The third-order valence-corrected chi connectivity index (χ3v) is 3.00. The maximum atomic E-state index is 11.9. The molecule has 0 aliphatic rings. The Morgan fingerprint density at radius 2 is 1.68 bits per heavy atom. The molecule has 2 aromatic carbocycles. The fourth-order valence-corrected chi connectivity index (χ4v) is 1.89. The number of ether oxygens (including phenoxy) is 1. The topological polar surface area (TPSA) is 87.7 Å². The zero-order valence-corrected chi connectivity index (χ0v) is 12.3. The summed E-state index contributed by atoms with van der Waals surface area (Å²) in [5.41, 5.74) is 0.410. The molecule has 3 N–H and O–H groups in total. The average Bonchev–Trinajstić information content (AvgIpc) is 2.51. The molecule has 114 valence electrons. The van der Waals surface area contributed by atoms with E-state index in [1.165, 1.54) is 25.3 Å². The van der Waals surface area contributed by atoms with E-state index in [4.69, 9.17) is 16.3 Å². The van der Waals surface area contributed by atoms with Gasteiger partial charge in [0.05, 0.1) is 18.5 Å². The number of para-hydroxylation sites is 2. The number of hydrogen-bond donors (Lipinski definition) is 3. The van der Waals surface area contributed by atoms with Gasteiger partial charge in [-0.05, 0) is 30.3 Å². The van der Waals surface area contributed by atoms with Crippen LogP contribution in [-0.2, 0) is 9.59 Å². The molecule has 0 aliphatic carbocycles. The number of halogens is 1. The van der Waals surface area contributed by atoms with Crippen molar-refractivity contribution in [3.8, 4) is 11.5 Å². The van der Waals surface area contributed by atoms with Crippen LogP contribution in [0.2, 0.25) is 5.02 Å². The molecule has 0 heterocycles. The number of amides is 2. The molecule has 0 saturated carbocycles. The van der Waals surface area contributed by atoms with Crippen LogP contribution in [0.3, 0.4) is 0 Å². The summed E-state index contributed by atoms with van der Waals surface area (Å²) < 4.78 is 5.08. The third kappa shape index (κ3) is 3.67. The molecule has 0 fully saturated rings. The van der Waals surface area contributed by atoms with Crippen molar-refractivity contribution in [3.05, 3.63) is 47.5 Å². The Morgan fingerprint density at radius 1 is 1.05 bits per heavy atom. The van der Waals surface area contributed by atoms with Crippen LogP contribution in [0.4, 0.5) is 11.4 Å². The smallest absolute Gasteiger partial charge is 0.314 e. The largest absolute Gasteiger partial charge is 0.506 e. The highest BCUT2D eigenvalue weighted by atomic mass is 35.5. The number of phenols is 1. The number of hydrogen-bond acceptors (Lipinski definition) is 4. The average molecular weight is 321 g/mol. The molecule has 0 aliphatic heterocycles. The van der Waals surface area contributed by atoms with Crippen molar-refractivity contribution in [2.45, 2.75) is 0 Å². The predicted octanol–water partition coefficient (Wildman–Crippen LogP) is 2.63. The van der Waals surface area contributed by atoms with Crippen LogP contribution in [0, 0.1) is 0 Å². The molecule has 0 spiro atoms. The number of carbonyl (C=O) groups excluding carboxylic acids is 2. The van der Waals surface area contributed by atoms with E-state index in [1.54, 1.807) is 24.3 Å². The molecule has 0 bridgehead atoms. The van der Waals surface area contributed by atoms with Gasteiger partial charge in [-0.1, -0.05) is 23.7 Å². The number of aromatic hydroxyl groups is 1. The highest BCUT2D eigenvalue weighted by molar-refractivity contribution is 6.44. The molecular formula is C15H13ClN2O4. The molecule has 0 atom stereocenters. The van der Waals surface area contributed by atoms with Gasteiger partial charge in [-0.3, -0.25) is 9.59 Å². The second-order valence-electron chi connectivity index (χ2n) is 4.27. The van der Waals surface area contributed by atoms with Crippen LogP contribution in [0.1, 0.15) is 0 Å². The quantitative estimate of drug-likeness (QED) is 0.599. The minimum Gasteiger partial charge on any atom is -0.506 e. The number of carbonyl (C=O) groups is 2. The van der Waals surface area contributed by atoms with Gasteiger partial charge in [-0.2, -0.15) is 0 Å². The van der Waals surface area contributed by atoms with E-state index >= 15 is 0 Å². The van der Waals surface area contributed by atoms with Crippen LogP contribution in [0.15, 0.2) is 42.5 Å². The summed E-state index contributed by atoms with van der Waals surface area (Å²) in [7, 11) is 1.45. The van der Waals surface area contributed by atoms with E-state index in [2.05, 4.69) is 10.6 Å². The number of methoxy groups -OCH3 is 1. The van der Waals surface area contributed by atoms with Gasteiger partial charge in [0.25, 0.3) is 0 Å². The lowest BCUT2D eigenvalue weighted by molar-refractivity contribution is -0.133. The number of phenolic OH excluding ortho intramolecular Hbond substituents is 1. The first-order chi connectivity index (χ1) is 10.5. The summed E-state index contributed by atoms with van der Waals surface area (Å²) >= 11 is 5.77. The first-order valence-electron chi connectivity index (χ1n) is 6.25. The normalized spacial score (nSPS) is 9.91. The van der Waals surface area contributed by atoms with Crippen LogP contribution >= 0.6 is 11.6 Å². The highest BCUT2D eigenvalue weighted by Crippen LogP contribution is 2.27. The van der Waals surface area contributed by atoms with E-state index in [0.29, 0.717) is 16.5 Å². The minimum absolute atomic E-state index is 0.0488. The summed E-state index contributed by atoms with van der Waals surface area (Å²) in [4.78, 5) is 23.7. The van der Waals surface area contributed by atoms with Crippen LogP contribution in [-0.4, -0.2) is 24.0 Å². The van der Waals surface area contributed by atoms with Crippen molar-refractivity contribution in [2.24, 2.45) is 0 Å². The summed E-state index contributed by atoms with van der Waals surface area (Å²) in [6.45, 7) is 0. The van der Waals surface area contributed by atoms with Crippen LogP contribution in [0.25, 0.3) is 0 Å². The predicted molar refractivity (Wildman–Crippen MR) is 83.4 cm³/mol. The number of benzene rings is 2. The Morgan fingerprint density at radius 3 is 2.36 bits per heavy atom. The summed E-state index contributed by atoms with van der Waals surface area (Å²) in [5.74, 6) is -1.61. The summed E-state index contributed by atoms with van der Waals surface area (Å²) in [5, 5.41) is 14.6. The Hall–Kier alpha value is -2.73. The van der Waals surface area contributed by atoms with E-state index in [1.807, 2.05) is 0 Å². The third-order valence-electron chi connectivity index (χ3n) is 2.77. The number of anilines is 2. The second-order valence-corrected chi connectivity index (χ2v) is 4.71. The van der Waals surface area contributed by atoms with Gasteiger partial charge >= 0.3 is 11.8 Å². The molecular weight excluding hydrogens is 308 g/mol. The maximum Gasteiger partial charge on any atom is 0.314 e. The van der Waals surface area contributed by atoms with Crippen molar-refractivity contribution in [3.63, 3.8) is 0 Å². The van der Waals surface area contributed by atoms with Crippen LogP contribution < -0.4 is 15.4 Å². The molecule has 22 heavy (non-hydrogen) atoms. The first kappa shape index (κ1) is 15.7. The molecule has 0 radical (unpaired) electrons. The van der Waals surface area contributed by atoms with Gasteiger partial charge in [0, 0.05) is 5.02 Å². The molecule has 6 nitrogen and oxygen atoms in total. The SMILES string of the molecule is COc1ccccc1NC(=O)C(=O)Nc1cc(Cl)ccc1O. The van der Waals surface area contributed by atoms with Crippen molar-refractivity contribution in [1.29, 1.82) is 0 Å². The van der Waals surface area contributed by atoms with E-state index < -0.39 is 11.8 Å². The Bertz CT molecular complexity index is 718. The van der Waals surface area contributed by atoms with Crippen LogP contribution in [0.5, 0.6) is 11.5 Å². The zero-order valence-electron chi connectivity index (χ0n) is 11.6. The van der Waals surface area contributed by atoms with E-state index in [-0.39, 0.29) is 11.4 Å². The van der Waals surface area contributed by atoms with Crippen molar-refractivity contribution in [1.82, 2.24) is 0 Å². The van der Waals surface area contributed by atoms with Gasteiger partial charge < -0.3 is 20.5 Å². The van der Waals surface area contributed by atoms with Crippen molar-refractivity contribution >= 4 is 34.8 Å². The minimum atomic E-state index is -0.941. The highest BCUT2D eigenvalue weighted by Gasteiger charge is 2.17. The fraction of sp³-hybridized carbons (Fsp3) is 0.0667. The fourth-order valence-electron chi connectivity index (χ4n) is 1.71. The Kier molecular flexibility index (Phi) is 4.85. The van der Waals surface area contributed by atoms with Gasteiger partial charge in [0.2, 0.25) is 0 Å². The lowest BCUT2D eigenvalue weighted by Gasteiger charge is -2.10. The molecule has 2 amide bonds. The Balaban J connectivity index is 2.09. The number of rotatable bonds is 3. The van der Waals surface area contributed by atoms with Gasteiger partial charge in [-0.25, -0.2) is 0 Å². The molecule has 2 rings (SSSR count). The van der Waals surface area contributed by atoms with Gasteiger partial charge in [-0.15, -0.1) is 0 Å². The summed E-state index contributed by atoms with van der Waals surface area (Å²) in [6.07, 6.45) is 0. The zero-order chi connectivity index (χ0) is 16.1. The standard InChI is InChI=1S/C15H13ClN2O4/c1-22-13-5-3-2-4-10(13)17-14(20)15(21)18-11-8-9(16)6-7-12(11)19/h2-8,19H,1H3,(H,17,20)(H,18,21). The molecule has 2 aromatic rings. The van der Waals surface area contributed by atoms with Crippen molar-refractivity contribution in [2.75, 3.05) is 17.7 Å². The lowest BCUT2D eigenvalue weighted by Crippen LogP contribution is -2.29. The van der Waals surface area contributed by atoms with Gasteiger partial charge in [0.1, 0.15) is 11.5 Å². The molecule has 0 aromatic heterocycles. The van der Waals surface area contributed by atoms with Gasteiger partial charge in [0.15, 0.2) is 0 Å². The molecule has 0 unspecified atom stereocenters. The number of nitrogens with one attached hydrogen (secondary N) is 2. The van der Waals surface area contributed by atoms with E-state index in [9.17, 15) is 14.7 Å².